The highest BCUT2D eigenvalue weighted by atomic mass is 16.5. The lowest BCUT2D eigenvalue weighted by molar-refractivity contribution is 0.0614. The molecular formula is C19H18O3. The summed E-state index contributed by atoms with van der Waals surface area (Å²) in [6.45, 7) is 3.74. The molecule has 0 amide bonds. The van der Waals surface area contributed by atoms with Gasteiger partial charge in [-0.25, -0.2) is 0 Å². The Morgan fingerprint density at radius 3 is 2.50 bits per heavy atom. The van der Waals surface area contributed by atoms with Crippen molar-refractivity contribution in [2.24, 2.45) is 0 Å². The van der Waals surface area contributed by atoms with Crippen molar-refractivity contribution < 1.29 is 14.6 Å². The molecule has 2 aromatic rings. The maximum atomic E-state index is 12.2. The Morgan fingerprint density at radius 2 is 1.77 bits per heavy atom. The van der Waals surface area contributed by atoms with E-state index in [1.165, 1.54) is 0 Å². The lowest BCUT2D eigenvalue weighted by atomic mass is 9.91. The molecule has 1 heterocycles. The van der Waals surface area contributed by atoms with Gasteiger partial charge in [-0.15, -0.1) is 0 Å². The average Bonchev–Trinajstić information content (AvgIpc) is 2.44. The van der Waals surface area contributed by atoms with E-state index in [9.17, 15) is 9.90 Å². The summed E-state index contributed by atoms with van der Waals surface area (Å²) in [6, 6.07) is 13.3. The lowest BCUT2D eigenvalue weighted by Gasteiger charge is -2.32. The van der Waals surface area contributed by atoms with Crippen LogP contribution in [0, 0.1) is 0 Å². The topological polar surface area (TPSA) is 46.5 Å². The van der Waals surface area contributed by atoms with Crippen LogP contribution in [0.25, 0.3) is 12.2 Å². The summed E-state index contributed by atoms with van der Waals surface area (Å²) in [5.74, 6) is 0.349. The van der Waals surface area contributed by atoms with Crippen LogP contribution in [0.2, 0.25) is 0 Å². The van der Waals surface area contributed by atoms with E-state index in [-0.39, 0.29) is 23.5 Å². The smallest absolute Gasteiger partial charge is 0.174 e. The number of hydrogen-bond acceptors (Lipinski definition) is 3. The number of ether oxygens (including phenoxy) is 1. The highest BCUT2D eigenvalue weighted by Gasteiger charge is 2.34. The van der Waals surface area contributed by atoms with Gasteiger partial charge < -0.3 is 9.84 Å². The van der Waals surface area contributed by atoms with E-state index in [1.54, 1.807) is 12.1 Å². The molecular weight excluding hydrogens is 276 g/mol. The third-order valence-corrected chi connectivity index (χ3v) is 3.62. The summed E-state index contributed by atoms with van der Waals surface area (Å²) in [4.78, 5) is 12.2. The van der Waals surface area contributed by atoms with Crippen molar-refractivity contribution in [2.75, 3.05) is 0 Å². The second-order valence-electron chi connectivity index (χ2n) is 6.12. The van der Waals surface area contributed by atoms with Crippen LogP contribution in [0.4, 0.5) is 0 Å². The number of carbonyl (C=O) groups excluding carboxylic acids is 1. The molecule has 0 spiro atoms. The van der Waals surface area contributed by atoms with Gasteiger partial charge in [0.15, 0.2) is 5.78 Å². The Kier molecular flexibility index (Phi) is 3.49. The Morgan fingerprint density at radius 1 is 1.09 bits per heavy atom. The Labute approximate surface area is 129 Å². The van der Waals surface area contributed by atoms with Crippen LogP contribution in [0.5, 0.6) is 11.5 Å². The predicted octanol–water partition coefficient (Wildman–Crippen LogP) is 4.31. The standard InChI is InChI=1S/C19H18O3/c1-19(2)12-16(21)18-15(20)10-14(11-17(18)22-19)9-8-13-6-4-3-5-7-13/h3-11,20H,12H2,1-2H3/b9-8+. The number of benzene rings is 2. The van der Waals surface area contributed by atoms with Crippen molar-refractivity contribution in [3.05, 3.63) is 59.2 Å². The minimum Gasteiger partial charge on any atom is -0.507 e. The van der Waals surface area contributed by atoms with Crippen molar-refractivity contribution >= 4 is 17.9 Å². The van der Waals surface area contributed by atoms with E-state index in [4.69, 9.17) is 4.74 Å². The molecule has 0 saturated heterocycles. The monoisotopic (exact) mass is 294 g/mol. The fraction of sp³-hybridized carbons (Fsp3) is 0.211. The number of Topliss-reactive ketones (excluding diaryl/α,β-unsaturated/α-hetero) is 1. The van der Waals surface area contributed by atoms with E-state index in [0.717, 1.165) is 11.1 Å². The molecule has 0 aromatic heterocycles. The van der Waals surface area contributed by atoms with Gasteiger partial charge in [0.1, 0.15) is 22.7 Å². The van der Waals surface area contributed by atoms with Gasteiger partial charge in [-0.1, -0.05) is 42.5 Å². The van der Waals surface area contributed by atoms with Crippen molar-refractivity contribution in [3.63, 3.8) is 0 Å². The minimum absolute atomic E-state index is 0.0225. The zero-order valence-electron chi connectivity index (χ0n) is 12.7. The molecule has 3 heteroatoms. The fourth-order valence-electron chi connectivity index (χ4n) is 2.64. The summed E-state index contributed by atoms with van der Waals surface area (Å²) in [7, 11) is 0. The van der Waals surface area contributed by atoms with Gasteiger partial charge in [0.05, 0.1) is 6.42 Å². The first-order chi connectivity index (χ1) is 10.4. The molecule has 1 aliphatic heterocycles. The molecule has 112 valence electrons. The molecule has 3 rings (SSSR count). The molecule has 2 aromatic carbocycles. The average molecular weight is 294 g/mol. The maximum Gasteiger partial charge on any atom is 0.174 e. The van der Waals surface area contributed by atoms with Crippen LogP contribution in [-0.4, -0.2) is 16.5 Å². The van der Waals surface area contributed by atoms with Gasteiger partial charge in [0, 0.05) is 0 Å². The van der Waals surface area contributed by atoms with E-state index in [0.29, 0.717) is 5.75 Å². The second-order valence-corrected chi connectivity index (χ2v) is 6.12. The van der Waals surface area contributed by atoms with E-state index < -0.39 is 5.60 Å². The number of rotatable bonds is 2. The number of hydrogen-bond donors (Lipinski definition) is 1. The fourth-order valence-corrected chi connectivity index (χ4v) is 2.64. The van der Waals surface area contributed by atoms with Crippen molar-refractivity contribution in [1.29, 1.82) is 0 Å². The highest BCUT2D eigenvalue weighted by Crippen LogP contribution is 2.39. The number of phenols is 1. The number of ketones is 1. The Balaban J connectivity index is 1.97. The molecule has 1 aliphatic rings. The predicted molar refractivity (Wildman–Crippen MR) is 87.1 cm³/mol. The first-order valence-corrected chi connectivity index (χ1v) is 7.27. The molecule has 0 fully saturated rings. The summed E-state index contributed by atoms with van der Waals surface area (Å²) in [5, 5.41) is 10.1. The molecule has 0 aliphatic carbocycles. The van der Waals surface area contributed by atoms with Crippen LogP contribution in [-0.2, 0) is 0 Å². The maximum absolute atomic E-state index is 12.2. The van der Waals surface area contributed by atoms with Crippen LogP contribution in [0.3, 0.4) is 0 Å². The minimum atomic E-state index is -0.543. The highest BCUT2D eigenvalue weighted by molar-refractivity contribution is 6.03. The van der Waals surface area contributed by atoms with Gasteiger partial charge in [-0.3, -0.25) is 4.79 Å². The van der Waals surface area contributed by atoms with E-state index in [2.05, 4.69) is 0 Å². The molecule has 0 unspecified atom stereocenters. The third-order valence-electron chi connectivity index (χ3n) is 3.62. The molecule has 1 N–H and O–H groups in total. The van der Waals surface area contributed by atoms with Crippen LogP contribution in [0.15, 0.2) is 42.5 Å². The Bertz CT molecular complexity index is 743. The lowest BCUT2D eigenvalue weighted by Crippen LogP contribution is -2.35. The van der Waals surface area contributed by atoms with Gasteiger partial charge in [0.25, 0.3) is 0 Å². The van der Waals surface area contributed by atoms with Crippen LogP contribution in [0.1, 0.15) is 41.8 Å². The number of fused-ring (bicyclic) bond motifs is 1. The molecule has 0 saturated carbocycles. The van der Waals surface area contributed by atoms with Gasteiger partial charge in [-0.2, -0.15) is 0 Å². The number of aromatic hydroxyl groups is 1. The van der Waals surface area contributed by atoms with Crippen molar-refractivity contribution in [2.45, 2.75) is 25.9 Å². The zero-order valence-corrected chi connectivity index (χ0v) is 12.7. The molecule has 22 heavy (non-hydrogen) atoms. The summed E-state index contributed by atoms with van der Waals surface area (Å²) < 4.78 is 5.85. The van der Waals surface area contributed by atoms with Gasteiger partial charge in [-0.05, 0) is 37.1 Å². The quantitative estimate of drug-likeness (QED) is 0.840. The molecule has 0 radical (unpaired) electrons. The van der Waals surface area contributed by atoms with Gasteiger partial charge in [0.2, 0.25) is 0 Å². The van der Waals surface area contributed by atoms with Crippen LogP contribution < -0.4 is 4.74 Å². The number of carbonyl (C=O) groups is 1. The van der Waals surface area contributed by atoms with Crippen molar-refractivity contribution in [3.8, 4) is 11.5 Å². The largest absolute Gasteiger partial charge is 0.507 e. The van der Waals surface area contributed by atoms with Crippen LogP contribution >= 0.6 is 0 Å². The first kappa shape index (κ1) is 14.4. The zero-order chi connectivity index (χ0) is 15.7. The third kappa shape index (κ3) is 2.89. The van der Waals surface area contributed by atoms with E-state index >= 15 is 0 Å². The number of phenolic OH excluding ortho intramolecular Hbond substituents is 1. The van der Waals surface area contributed by atoms with Crippen molar-refractivity contribution in [1.82, 2.24) is 0 Å². The van der Waals surface area contributed by atoms with Gasteiger partial charge >= 0.3 is 0 Å². The summed E-state index contributed by atoms with van der Waals surface area (Å²) in [6.07, 6.45) is 4.12. The van der Waals surface area contributed by atoms with E-state index in [1.807, 2.05) is 56.3 Å². The normalized spacial score (nSPS) is 16.4. The SMILES string of the molecule is CC1(C)CC(=O)c2c(O)cc(/C=C/c3ccccc3)cc2O1. The molecule has 0 atom stereocenters. The second kappa shape index (κ2) is 5.34. The molecule has 0 bridgehead atoms. The molecule has 3 nitrogen and oxygen atoms in total. The Hall–Kier alpha value is -2.55. The summed E-state index contributed by atoms with van der Waals surface area (Å²) >= 11 is 0. The first-order valence-electron chi connectivity index (χ1n) is 7.27. The summed E-state index contributed by atoms with van der Waals surface area (Å²) in [5.41, 5.74) is 1.61.